The highest BCUT2D eigenvalue weighted by atomic mass is 35.5. The minimum Gasteiger partial charge on any atom is -0.454 e. The highest BCUT2D eigenvalue weighted by molar-refractivity contribution is 8.00. The Hall–Kier alpha value is -1.56. The highest BCUT2D eigenvalue weighted by Crippen LogP contribution is 2.34. The lowest BCUT2D eigenvalue weighted by Crippen LogP contribution is -2.28. The van der Waals surface area contributed by atoms with Gasteiger partial charge < -0.3 is 14.8 Å². The third-order valence-electron chi connectivity index (χ3n) is 3.53. The van der Waals surface area contributed by atoms with E-state index in [1.807, 2.05) is 25.1 Å². The van der Waals surface area contributed by atoms with Crippen LogP contribution in [0.15, 0.2) is 41.3 Å². The lowest BCUT2D eigenvalue weighted by atomic mass is 10.1. The molecule has 1 N–H and O–H groups in total. The van der Waals surface area contributed by atoms with Crippen molar-refractivity contribution in [3.05, 3.63) is 52.0 Å². The first-order chi connectivity index (χ1) is 11.5. The second-order valence-electron chi connectivity index (χ2n) is 5.27. The molecule has 24 heavy (non-hydrogen) atoms. The Balaban J connectivity index is 1.57. The van der Waals surface area contributed by atoms with Crippen LogP contribution in [0, 0.1) is 0 Å². The van der Waals surface area contributed by atoms with Crippen LogP contribution in [0.5, 0.6) is 11.5 Å². The fourth-order valence-corrected chi connectivity index (χ4v) is 3.58. The van der Waals surface area contributed by atoms with Crippen molar-refractivity contribution in [3.63, 3.8) is 0 Å². The molecule has 0 aromatic heterocycles. The predicted molar refractivity (Wildman–Crippen MR) is 96.3 cm³/mol. The number of amides is 1. The molecule has 1 heterocycles. The summed E-state index contributed by atoms with van der Waals surface area (Å²) in [5.41, 5.74) is 0.957. The topological polar surface area (TPSA) is 47.6 Å². The summed E-state index contributed by atoms with van der Waals surface area (Å²) < 4.78 is 10.6. The fraction of sp³-hybridized carbons (Fsp3) is 0.235. The highest BCUT2D eigenvalue weighted by Gasteiger charge is 2.17. The number of carbonyl (C=O) groups excluding carboxylic acids is 1. The smallest absolute Gasteiger partial charge is 0.231 e. The van der Waals surface area contributed by atoms with Crippen LogP contribution in [0.2, 0.25) is 10.0 Å². The number of thioether (sulfide) groups is 1. The van der Waals surface area contributed by atoms with Crippen LogP contribution in [0.3, 0.4) is 0 Å². The lowest BCUT2D eigenvalue weighted by molar-refractivity contribution is -0.119. The van der Waals surface area contributed by atoms with Crippen LogP contribution in [0.1, 0.15) is 18.5 Å². The first-order valence-electron chi connectivity index (χ1n) is 7.29. The summed E-state index contributed by atoms with van der Waals surface area (Å²) >= 11 is 13.4. The summed E-state index contributed by atoms with van der Waals surface area (Å²) in [6, 6.07) is 10.7. The average Bonchev–Trinajstić information content (AvgIpc) is 3.03. The van der Waals surface area contributed by atoms with Crippen LogP contribution in [-0.4, -0.2) is 18.5 Å². The van der Waals surface area contributed by atoms with E-state index in [0.29, 0.717) is 15.8 Å². The second kappa shape index (κ2) is 7.55. The number of hydrogen-bond donors (Lipinski definition) is 1. The van der Waals surface area contributed by atoms with Gasteiger partial charge in [-0.05, 0) is 42.8 Å². The number of carbonyl (C=O) groups is 1. The zero-order chi connectivity index (χ0) is 17.1. The zero-order valence-corrected chi connectivity index (χ0v) is 15.2. The summed E-state index contributed by atoms with van der Waals surface area (Å²) in [5, 5.41) is 4.14. The largest absolute Gasteiger partial charge is 0.454 e. The van der Waals surface area contributed by atoms with E-state index in [-0.39, 0.29) is 24.5 Å². The number of fused-ring (bicyclic) bond motifs is 1. The molecule has 2 aromatic carbocycles. The monoisotopic (exact) mass is 383 g/mol. The first-order valence-corrected chi connectivity index (χ1v) is 9.04. The molecule has 0 saturated heterocycles. The summed E-state index contributed by atoms with van der Waals surface area (Å²) in [7, 11) is 0. The van der Waals surface area contributed by atoms with Crippen LogP contribution in [-0.2, 0) is 4.79 Å². The van der Waals surface area contributed by atoms with Gasteiger partial charge in [-0.25, -0.2) is 0 Å². The quantitative estimate of drug-likeness (QED) is 0.760. The van der Waals surface area contributed by atoms with Gasteiger partial charge in [0.2, 0.25) is 12.7 Å². The van der Waals surface area contributed by atoms with Gasteiger partial charge in [0, 0.05) is 9.92 Å². The van der Waals surface area contributed by atoms with Gasteiger partial charge in [-0.2, -0.15) is 0 Å². The van der Waals surface area contributed by atoms with Crippen molar-refractivity contribution in [1.29, 1.82) is 0 Å². The van der Waals surface area contributed by atoms with E-state index in [2.05, 4.69) is 5.32 Å². The van der Waals surface area contributed by atoms with Crippen LogP contribution in [0.25, 0.3) is 0 Å². The maximum Gasteiger partial charge on any atom is 0.231 e. The van der Waals surface area contributed by atoms with E-state index in [1.165, 1.54) is 11.8 Å². The van der Waals surface area contributed by atoms with Crippen molar-refractivity contribution < 1.29 is 14.3 Å². The molecule has 0 saturated carbocycles. The molecule has 0 radical (unpaired) electrons. The SMILES string of the molecule is C[C@H](NC(=O)CSc1cc(Cl)ccc1Cl)c1ccc2c(c1)OCO2. The van der Waals surface area contributed by atoms with Gasteiger partial charge in [-0.1, -0.05) is 29.3 Å². The number of rotatable bonds is 5. The molecule has 0 fully saturated rings. The van der Waals surface area contributed by atoms with Crippen molar-refractivity contribution in [2.75, 3.05) is 12.5 Å². The molecule has 0 aliphatic carbocycles. The van der Waals surface area contributed by atoms with Crippen molar-refractivity contribution in [2.24, 2.45) is 0 Å². The maximum absolute atomic E-state index is 12.2. The average molecular weight is 384 g/mol. The van der Waals surface area contributed by atoms with Gasteiger partial charge in [0.15, 0.2) is 11.5 Å². The molecule has 0 spiro atoms. The van der Waals surface area contributed by atoms with E-state index < -0.39 is 0 Å². The molecule has 4 nitrogen and oxygen atoms in total. The van der Waals surface area contributed by atoms with E-state index in [0.717, 1.165) is 16.2 Å². The maximum atomic E-state index is 12.2. The summed E-state index contributed by atoms with van der Waals surface area (Å²) in [5.74, 6) is 1.60. The van der Waals surface area contributed by atoms with Crippen LogP contribution in [0.4, 0.5) is 0 Å². The molecule has 3 rings (SSSR count). The number of hydrogen-bond acceptors (Lipinski definition) is 4. The molecule has 1 atom stereocenters. The van der Waals surface area contributed by atoms with Gasteiger partial charge in [-0.3, -0.25) is 4.79 Å². The zero-order valence-electron chi connectivity index (χ0n) is 12.8. The molecule has 0 unspecified atom stereocenters. The van der Waals surface area contributed by atoms with E-state index in [4.69, 9.17) is 32.7 Å². The molecule has 7 heteroatoms. The van der Waals surface area contributed by atoms with Gasteiger partial charge in [0.05, 0.1) is 16.8 Å². The normalized spacial score (nSPS) is 13.6. The van der Waals surface area contributed by atoms with Crippen LogP contribution >= 0.6 is 35.0 Å². The minimum absolute atomic E-state index is 0.0822. The van der Waals surface area contributed by atoms with E-state index >= 15 is 0 Å². The van der Waals surface area contributed by atoms with Crippen molar-refractivity contribution in [3.8, 4) is 11.5 Å². The van der Waals surface area contributed by atoms with Crippen LogP contribution < -0.4 is 14.8 Å². The fourth-order valence-electron chi connectivity index (χ4n) is 2.28. The number of benzene rings is 2. The Bertz CT molecular complexity index is 769. The Kier molecular flexibility index (Phi) is 5.43. The standard InChI is InChI=1S/C17H15Cl2NO3S/c1-10(11-2-5-14-15(6-11)23-9-22-14)20-17(21)8-24-16-7-12(18)3-4-13(16)19/h2-7,10H,8-9H2,1H3,(H,20,21)/t10-/m0/s1. The van der Waals surface area contributed by atoms with Gasteiger partial charge >= 0.3 is 0 Å². The van der Waals surface area contributed by atoms with Crippen molar-refractivity contribution in [2.45, 2.75) is 17.9 Å². The molecule has 0 bridgehead atoms. The van der Waals surface area contributed by atoms with Crippen molar-refractivity contribution >= 4 is 40.9 Å². The Morgan fingerprint density at radius 3 is 2.83 bits per heavy atom. The molecule has 1 amide bonds. The molecule has 1 aliphatic rings. The predicted octanol–water partition coefficient (Wildman–Crippen LogP) is 4.69. The van der Waals surface area contributed by atoms with Crippen molar-refractivity contribution in [1.82, 2.24) is 5.32 Å². The summed E-state index contributed by atoms with van der Waals surface area (Å²) in [6.45, 7) is 2.16. The number of halogens is 2. The van der Waals surface area contributed by atoms with E-state index in [9.17, 15) is 4.79 Å². The molecular weight excluding hydrogens is 369 g/mol. The van der Waals surface area contributed by atoms with Gasteiger partial charge in [0.25, 0.3) is 0 Å². The summed E-state index contributed by atoms with van der Waals surface area (Å²) in [4.78, 5) is 13.0. The number of ether oxygens (including phenoxy) is 2. The molecule has 1 aliphatic heterocycles. The van der Waals surface area contributed by atoms with Gasteiger partial charge in [0.1, 0.15) is 0 Å². The second-order valence-corrected chi connectivity index (χ2v) is 7.13. The van der Waals surface area contributed by atoms with E-state index in [1.54, 1.807) is 18.2 Å². The number of nitrogens with one attached hydrogen (secondary N) is 1. The Morgan fingerprint density at radius 2 is 2.00 bits per heavy atom. The molecule has 2 aromatic rings. The molecular formula is C17H15Cl2NO3S. The minimum atomic E-state index is -0.137. The third kappa shape index (κ3) is 4.09. The lowest BCUT2D eigenvalue weighted by Gasteiger charge is -2.15. The third-order valence-corrected chi connectivity index (χ3v) is 5.26. The van der Waals surface area contributed by atoms with Gasteiger partial charge in [-0.15, -0.1) is 11.8 Å². The Morgan fingerprint density at radius 1 is 1.21 bits per heavy atom. The summed E-state index contributed by atoms with van der Waals surface area (Å²) in [6.07, 6.45) is 0. The Labute approximate surface area is 154 Å². The molecule has 126 valence electrons. The first kappa shape index (κ1) is 17.3.